The number of rotatable bonds is 3. The van der Waals surface area contributed by atoms with Crippen LogP contribution in [-0.2, 0) is 0 Å². The molecular formula is C42H24N6S. The molecule has 0 amide bonds. The van der Waals surface area contributed by atoms with E-state index in [9.17, 15) is 0 Å². The lowest BCUT2D eigenvalue weighted by Crippen LogP contribution is -2.03. The predicted octanol–water partition coefficient (Wildman–Crippen LogP) is 10.6. The van der Waals surface area contributed by atoms with Gasteiger partial charge in [-0.25, -0.2) is 19.9 Å². The molecule has 0 unspecified atom stereocenters. The quantitative estimate of drug-likeness (QED) is 0.192. The highest BCUT2D eigenvalue weighted by Gasteiger charge is 2.28. The minimum absolute atomic E-state index is 0.628. The Bertz CT molecular complexity index is 3100. The molecule has 0 aliphatic carbocycles. The Morgan fingerprint density at radius 2 is 1.12 bits per heavy atom. The zero-order valence-corrected chi connectivity index (χ0v) is 26.8. The second-order valence-corrected chi connectivity index (χ2v) is 13.3. The van der Waals surface area contributed by atoms with Gasteiger partial charge in [0.25, 0.3) is 0 Å². The molecule has 0 saturated heterocycles. The molecule has 0 aliphatic rings. The van der Waals surface area contributed by atoms with Crippen LogP contribution in [0.1, 0.15) is 0 Å². The number of hydrogen-bond acceptors (Lipinski definition) is 5. The van der Waals surface area contributed by atoms with Crippen LogP contribution in [-0.4, -0.2) is 29.1 Å². The molecule has 0 bridgehead atoms. The topological polar surface area (TPSA) is 61.4 Å². The zero-order valence-electron chi connectivity index (χ0n) is 25.9. The second-order valence-electron chi connectivity index (χ2n) is 12.3. The van der Waals surface area contributed by atoms with E-state index in [1.54, 1.807) is 17.7 Å². The van der Waals surface area contributed by atoms with E-state index in [4.69, 9.17) is 15.0 Å². The summed E-state index contributed by atoms with van der Waals surface area (Å²) >= 11 is 1.73. The molecule has 0 saturated carbocycles. The van der Waals surface area contributed by atoms with Gasteiger partial charge in [0, 0.05) is 59.9 Å². The SMILES string of the molecule is c1ccc(-c2nc(-n3c4ccccc4c4c5c(c6ccccc6n5-c5ccccc5)c5sc6ncncc6c5c43)nc3ccccc23)cc1. The number of nitrogens with zero attached hydrogens (tertiary/aromatic N) is 6. The molecule has 5 aromatic heterocycles. The fraction of sp³-hybridized carbons (Fsp3) is 0. The lowest BCUT2D eigenvalue weighted by atomic mass is 10.0. The van der Waals surface area contributed by atoms with Crippen molar-refractivity contribution in [1.82, 2.24) is 29.1 Å². The first-order valence-corrected chi connectivity index (χ1v) is 17.1. The Balaban J connectivity index is 1.44. The lowest BCUT2D eigenvalue weighted by molar-refractivity contribution is 1.02. The van der Waals surface area contributed by atoms with E-state index < -0.39 is 0 Å². The van der Waals surface area contributed by atoms with Crippen LogP contribution in [0.3, 0.4) is 0 Å². The van der Waals surface area contributed by atoms with Crippen LogP contribution in [0.15, 0.2) is 146 Å². The highest BCUT2D eigenvalue weighted by atomic mass is 32.1. The molecule has 0 N–H and O–H groups in total. The van der Waals surface area contributed by atoms with Crippen molar-refractivity contribution in [2.45, 2.75) is 0 Å². The Morgan fingerprint density at radius 1 is 0.510 bits per heavy atom. The van der Waals surface area contributed by atoms with Gasteiger partial charge in [0.2, 0.25) is 5.95 Å². The fourth-order valence-corrected chi connectivity index (χ4v) is 8.88. The van der Waals surface area contributed by atoms with Crippen LogP contribution >= 0.6 is 11.3 Å². The number of fused-ring (bicyclic) bond motifs is 13. The Morgan fingerprint density at radius 3 is 1.92 bits per heavy atom. The van der Waals surface area contributed by atoms with Gasteiger partial charge in [0.15, 0.2) is 0 Å². The second kappa shape index (κ2) is 10.0. The third-order valence-electron chi connectivity index (χ3n) is 9.67. The highest BCUT2D eigenvalue weighted by Crippen LogP contribution is 2.50. The number of hydrogen-bond donors (Lipinski definition) is 0. The Kier molecular flexibility index (Phi) is 5.45. The zero-order chi connectivity index (χ0) is 32.1. The summed E-state index contributed by atoms with van der Waals surface area (Å²) in [6, 6.07) is 46.8. The van der Waals surface area contributed by atoms with Crippen molar-refractivity contribution in [2.75, 3.05) is 0 Å². The maximum absolute atomic E-state index is 5.41. The molecule has 6 aromatic carbocycles. The molecule has 0 spiro atoms. The summed E-state index contributed by atoms with van der Waals surface area (Å²) in [5, 5.41) is 7.88. The summed E-state index contributed by atoms with van der Waals surface area (Å²) in [6.07, 6.45) is 3.61. The fourth-order valence-electron chi connectivity index (χ4n) is 7.71. The molecule has 0 atom stereocenters. The molecule has 228 valence electrons. The minimum atomic E-state index is 0.628. The number of thiophene rings is 1. The third kappa shape index (κ3) is 3.65. The van der Waals surface area contributed by atoms with Crippen LogP contribution < -0.4 is 0 Å². The number of benzene rings is 6. The van der Waals surface area contributed by atoms with Crippen molar-refractivity contribution in [2.24, 2.45) is 0 Å². The first-order chi connectivity index (χ1) is 24.3. The van der Waals surface area contributed by atoms with Crippen LogP contribution in [0.2, 0.25) is 0 Å². The molecule has 0 fully saturated rings. The van der Waals surface area contributed by atoms with E-state index in [-0.39, 0.29) is 0 Å². The third-order valence-corrected chi connectivity index (χ3v) is 10.8. The predicted molar refractivity (Wildman–Crippen MR) is 202 cm³/mol. The van der Waals surface area contributed by atoms with E-state index >= 15 is 0 Å². The van der Waals surface area contributed by atoms with Crippen molar-refractivity contribution >= 4 is 86.2 Å². The first-order valence-electron chi connectivity index (χ1n) is 16.2. The van der Waals surface area contributed by atoms with E-state index in [0.29, 0.717) is 5.95 Å². The lowest BCUT2D eigenvalue weighted by Gasteiger charge is -2.13. The van der Waals surface area contributed by atoms with Gasteiger partial charge in [-0.1, -0.05) is 103 Å². The molecule has 11 rings (SSSR count). The maximum atomic E-state index is 5.41. The molecular weight excluding hydrogens is 621 g/mol. The molecule has 0 aliphatic heterocycles. The molecule has 49 heavy (non-hydrogen) atoms. The summed E-state index contributed by atoms with van der Waals surface area (Å²) in [7, 11) is 0. The molecule has 7 heteroatoms. The van der Waals surface area contributed by atoms with E-state index in [2.05, 4.69) is 135 Å². The van der Waals surface area contributed by atoms with Gasteiger partial charge in [-0.2, -0.15) is 0 Å². The molecule has 6 nitrogen and oxygen atoms in total. The van der Waals surface area contributed by atoms with Gasteiger partial charge in [0.1, 0.15) is 11.2 Å². The monoisotopic (exact) mass is 644 g/mol. The first kappa shape index (κ1) is 26.6. The van der Waals surface area contributed by atoms with Crippen LogP contribution in [0.5, 0.6) is 0 Å². The highest BCUT2D eigenvalue weighted by molar-refractivity contribution is 7.26. The van der Waals surface area contributed by atoms with E-state index in [0.717, 1.165) is 76.3 Å². The normalized spacial score (nSPS) is 12.1. The summed E-state index contributed by atoms with van der Waals surface area (Å²) in [6.45, 7) is 0. The Labute approximate surface area is 283 Å². The van der Waals surface area contributed by atoms with Crippen molar-refractivity contribution in [3.05, 3.63) is 146 Å². The summed E-state index contributed by atoms with van der Waals surface area (Å²) in [5.74, 6) is 0.628. The molecule has 0 radical (unpaired) electrons. The standard InChI is InChI=1S/C42H24N6S/c1-3-13-25(14-4-1)37-27-17-7-10-20-31(27)45-42(46-37)48-33-22-12-8-18-28(33)34-38-35(40-36(39(34)48)30-23-43-24-44-41(30)49-40)29-19-9-11-21-32(29)47(38)26-15-5-2-6-16-26/h1-24H. The average Bonchev–Trinajstić information content (AvgIpc) is 3.83. The van der Waals surface area contributed by atoms with Crippen LogP contribution in [0, 0.1) is 0 Å². The summed E-state index contributed by atoms with van der Waals surface area (Å²) < 4.78 is 5.88. The van der Waals surface area contributed by atoms with Crippen molar-refractivity contribution in [3.8, 4) is 22.9 Å². The van der Waals surface area contributed by atoms with Gasteiger partial charge < -0.3 is 4.57 Å². The van der Waals surface area contributed by atoms with Gasteiger partial charge in [-0.15, -0.1) is 11.3 Å². The average molecular weight is 645 g/mol. The van der Waals surface area contributed by atoms with E-state index in [1.807, 2.05) is 18.3 Å². The molecule has 5 heterocycles. The minimum Gasteiger partial charge on any atom is -0.308 e. The molecule has 11 aromatic rings. The van der Waals surface area contributed by atoms with Gasteiger partial charge in [-0.3, -0.25) is 4.57 Å². The van der Waals surface area contributed by atoms with Crippen LogP contribution in [0.4, 0.5) is 0 Å². The Hall–Kier alpha value is -6.44. The van der Waals surface area contributed by atoms with Crippen molar-refractivity contribution < 1.29 is 0 Å². The van der Waals surface area contributed by atoms with Gasteiger partial charge in [0.05, 0.1) is 33.3 Å². The van der Waals surface area contributed by atoms with E-state index in [1.165, 1.54) is 15.5 Å². The van der Waals surface area contributed by atoms with Crippen molar-refractivity contribution in [1.29, 1.82) is 0 Å². The van der Waals surface area contributed by atoms with Gasteiger partial charge in [-0.05, 0) is 30.3 Å². The largest absolute Gasteiger partial charge is 0.308 e. The smallest absolute Gasteiger partial charge is 0.235 e. The number of aromatic nitrogens is 6. The van der Waals surface area contributed by atoms with Crippen molar-refractivity contribution in [3.63, 3.8) is 0 Å². The van der Waals surface area contributed by atoms with Crippen LogP contribution in [0.25, 0.3) is 97.7 Å². The summed E-state index contributed by atoms with van der Waals surface area (Å²) in [5.41, 5.74) is 8.38. The number of para-hydroxylation sites is 4. The maximum Gasteiger partial charge on any atom is 0.235 e. The summed E-state index contributed by atoms with van der Waals surface area (Å²) in [4.78, 5) is 21.0. The van der Waals surface area contributed by atoms with Gasteiger partial charge >= 0.3 is 0 Å².